The Bertz CT molecular complexity index is 1240. The first kappa shape index (κ1) is 19.5. The van der Waals surface area contributed by atoms with Gasteiger partial charge in [0, 0.05) is 48.9 Å². The number of hydrogen-bond donors (Lipinski definition) is 2. The van der Waals surface area contributed by atoms with Gasteiger partial charge < -0.3 is 29.2 Å². The van der Waals surface area contributed by atoms with E-state index in [1.54, 1.807) is 0 Å². The van der Waals surface area contributed by atoms with E-state index in [2.05, 4.69) is 44.9 Å². The molecule has 6 rings (SSSR count). The van der Waals surface area contributed by atoms with Crippen molar-refractivity contribution in [1.29, 1.82) is 0 Å². The number of imidazole rings is 1. The number of aromatic nitrogens is 5. The molecule has 2 aliphatic heterocycles. The Morgan fingerprint density at radius 1 is 1.00 bits per heavy atom. The maximum atomic E-state index is 5.68. The van der Waals surface area contributed by atoms with Gasteiger partial charge in [-0.05, 0) is 25.5 Å². The zero-order valence-electron chi connectivity index (χ0n) is 18.2. The average Bonchev–Trinajstić information content (AvgIpc) is 3.38. The number of benzene rings is 1. The molecule has 0 saturated carbocycles. The van der Waals surface area contributed by atoms with Gasteiger partial charge in [0.15, 0.2) is 11.5 Å². The van der Waals surface area contributed by atoms with E-state index in [1.165, 1.54) is 0 Å². The summed E-state index contributed by atoms with van der Waals surface area (Å²) in [6.45, 7) is 7.45. The predicted molar refractivity (Wildman–Crippen MR) is 124 cm³/mol. The van der Waals surface area contributed by atoms with Crippen LogP contribution in [0.2, 0.25) is 0 Å². The van der Waals surface area contributed by atoms with Crippen molar-refractivity contribution in [3.8, 4) is 11.4 Å². The third kappa shape index (κ3) is 3.37. The van der Waals surface area contributed by atoms with Crippen LogP contribution in [-0.4, -0.2) is 77.0 Å². The standard InChI is InChI=1S/C23H27N7O2/c1-15-14-32-13-10-30(15)22-19-21(27-23(28-22)29-8-3-11-31-12-9-29)26-20(25-19)17-4-2-5-18-16(17)6-7-24-18/h2,4-7,15,24H,3,8-14H2,1H3,(H,25,26,27,28). The van der Waals surface area contributed by atoms with Crippen LogP contribution in [-0.2, 0) is 9.47 Å². The number of rotatable bonds is 3. The summed E-state index contributed by atoms with van der Waals surface area (Å²) in [4.78, 5) is 26.2. The Morgan fingerprint density at radius 3 is 2.88 bits per heavy atom. The highest BCUT2D eigenvalue weighted by molar-refractivity contribution is 5.96. The number of nitrogens with zero attached hydrogens (tertiary/aromatic N) is 5. The minimum Gasteiger partial charge on any atom is -0.380 e. The van der Waals surface area contributed by atoms with Gasteiger partial charge in [0.25, 0.3) is 0 Å². The molecule has 2 N–H and O–H groups in total. The van der Waals surface area contributed by atoms with Gasteiger partial charge in [-0.15, -0.1) is 0 Å². The normalized spacial score (nSPS) is 20.2. The molecule has 3 aromatic heterocycles. The van der Waals surface area contributed by atoms with Crippen molar-refractivity contribution in [1.82, 2.24) is 24.9 Å². The van der Waals surface area contributed by atoms with Crippen LogP contribution in [0.4, 0.5) is 11.8 Å². The molecule has 0 amide bonds. The molecular weight excluding hydrogens is 406 g/mol. The smallest absolute Gasteiger partial charge is 0.229 e. The van der Waals surface area contributed by atoms with Crippen molar-refractivity contribution in [3.05, 3.63) is 30.5 Å². The van der Waals surface area contributed by atoms with E-state index < -0.39 is 0 Å². The van der Waals surface area contributed by atoms with E-state index in [9.17, 15) is 0 Å². The summed E-state index contributed by atoms with van der Waals surface area (Å²) in [6, 6.07) is 8.51. The molecule has 0 spiro atoms. The number of hydrogen-bond acceptors (Lipinski definition) is 7. The van der Waals surface area contributed by atoms with Gasteiger partial charge in [0.1, 0.15) is 11.3 Å². The van der Waals surface area contributed by atoms with Gasteiger partial charge in [-0.3, -0.25) is 0 Å². The van der Waals surface area contributed by atoms with Crippen LogP contribution < -0.4 is 9.80 Å². The van der Waals surface area contributed by atoms with Crippen molar-refractivity contribution in [3.63, 3.8) is 0 Å². The Balaban J connectivity index is 1.51. The van der Waals surface area contributed by atoms with Crippen molar-refractivity contribution < 1.29 is 9.47 Å². The lowest BCUT2D eigenvalue weighted by molar-refractivity contribution is 0.0987. The van der Waals surface area contributed by atoms with Gasteiger partial charge >= 0.3 is 0 Å². The molecule has 5 heterocycles. The summed E-state index contributed by atoms with van der Waals surface area (Å²) < 4.78 is 11.3. The zero-order chi connectivity index (χ0) is 21.5. The van der Waals surface area contributed by atoms with Gasteiger partial charge in [0.05, 0.1) is 25.9 Å². The largest absolute Gasteiger partial charge is 0.380 e. The first-order valence-corrected chi connectivity index (χ1v) is 11.3. The Hall–Kier alpha value is -3.17. The minimum atomic E-state index is 0.224. The van der Waals surface area contributed by atoms with E-state index in [-0.39, 0.29) is 6.04 Å². The number of morpholine rings is 1. The SMILES string of the molecule is CC1COCCN1c1nc(N2CCCOCC2)nc2nc(-c3cccc4[nH]ccc34)[nH]c12. The van der Waals surface area contributed by atoms with Gasteiger partial charge in [0.2, 0.25) is 5.95 Å². The third-order valence-corrected chi connectivity index (χ3v) is 6.31. The number of anilines is 2. The number of aromatic amines is 2. The first-order chi connectivity index (χ1) is 15.8. The molecule has 1 unspecified atom stereocenters. The Labute approximate surface area is 185 Å². The summed E-state index contributed by atoms with van der Waals surface area (Å²) in [6.07, 6.45) is 2.92. The fourth-order valence-electron chi connectivity index (χ4n) is 4.63. The molecule has 2 aliphatic rings. The lowest BCUT2D eigenvalue weighted by Gasteiger charge is -2.34. The Kier molecular flexibility index (Phi) is 4.92. The molecule has 9 nitrogen and oxygen atoms in total. The van der Waals surface area contributed by atoms with E-state index in [4.69, 9.17) is 24.4 Å². The summed E-state index contributed by atoms with van der Waals surface area (Å²) >= 11 is 0. The summed E-state index contributed by atoms with van der Waals surface area (Å²) in [7, 11) is 0. The second kappa shape index (κ2) is 8.07. The van der Waals surface area contributed by atoms with E-state index in [0.29, 0.717) is 25.5 Å². The maximum absolute atomic E-state index is 5.68. The van der Waals surface area contributed by atoms with Gasteiger partial charge in [-0.2, -0.15) is 9.97 Å². The Morgan fingerprint density at radius 2 is 1.94 bits per heavy atom. The maximum Gasteiger partial charge on any atom is 0.229 e. The van der Waals surface area contributed by atoms with Crippen molar-refractivity contribution in [2.45, 2.75) is 19.4 Å². The van der Waals surface area contributed by atoms with Crippen LogP contribution in [0.15, 0.2) is 30.5 Å². The lowest BCUT2D eigenvalue weighted by Crippen LogP contribution is -2.44. The molecular formula is C23H27N7O2. The first-order valence-electron chi connectivity index (χ1n) is 11.3. The van der Waals surface area contributed by atoms with E-state index >= 15 is 0 Å². The molecule has 2 fully saturated rings. The summed E-state index contributed by atoms with van der Waals surface area (Å²) in [5, 5.41) is 1.13. The molecule has 1 aromatic carbocycles. The molecule has 166 valence electrons. The molecule has 32 heavy (non-hydrogen) atoms. The van der Waals surface area contributed by atoms with E-state index in [0.717, 1.165) is 72.2 Å². The van der Waals surface area contributed by atoms with Crippen molar-refractivity contribution in [2.24, 2.45) is 0 Å². The fraction of sp³-hybridized carbons (Fsp3) is 0.435. The van der Waals surface area contributed by atoms with Crippen LogP contribution in [0.25, 0.3) is 33.5 Å². The van der Waals surface area contributed by atoms with Gasteiger partial charge in [-0.25, -0.2) is 4.98 Å². The average molecular weight is 434 g/mol. The van der Waals surface area contributed by atoms with Crippen LogP contribution in [0.5, 0.6) is 0 Å². The van der Waals surface area contributed by atoms with Crippen LogP contribution >= 0.6 is 0 Å². The zero-order valence-corrected chi connectivity index (χ0v) is 18.2. The number of ether oxygens (including phenoxy) is 2. The third-order valence-electron chi connectivity index (χ3n) is 6.31. The number of H-pyrrole nitrogens is 2. The minimum absolute atomic E-state index is 0.224. The van der Waals surface area contributed by atoms with Crippen LogP contribution in [0, 0.1) is 0 Å². The van der Waals surface area contributed by atoms with Crippen LogP contribution in [0.3, 0.4) is 0 Å². The molecule has 0 radical (unpaired) electrons. The predicted octanol–water partition coefficient (Wildman–Crippen LogP) is 2.95. The molecule has 0 bridgehead atoms. The lowest BCUT2D eigenvalue weighted by atomic mass is 10.1. The second-order valence-corrected chi connectivity index (χ2v) is 8.45. The summed E-state index contributed by atoms with van der Waals surface area (Å²) in [5.74, 6) is 2.42. The fourth-order valence-corrected chi connectivity index (χ4v) is 4.63. The van der Waals surface area contributed by atoms with E-state index in [1.807, 2.05) is 12.3 Å². The topological polar surface area (TPSA) is 95.2 Å². The second-order valence-electron chi connectivity index (χ2n) is 8.45. The van der Waals surface area contributed by atoms with Crippen molar-refractivity contribution in [2.75, 3.05) is 55.9 Å². The molecule has 0 aliphatic carbocycles. The molecule has 2 saturated heterocycles. The highest BCUT2D eigenvalue weighted by Crippen LogP contribution is 2.32. The highest BCUT2D eigenvalue weighted by atomic mass is 16.5. The molecule has 9 heteroatoms. The quantitative estimate of drug-likeness (QED) is 0.513. The van der Waals surface area contributed by atoms with Gasteiger partial charge in [-0.1, -0.05) is 12.1 Å². The number of nitrogens with one attached hydrogen (secondary N) is 2. The van der Waals surface area contributed by atoms with Crippen molar-refractivity contribution >= 4 is 33.8 Å². The molecule has 1 atom stereocenters. The number of fused-ring (bicyclic) bond motifs is 2. The highest BCUT2D eigenvalue weighted by Gasteiger charge is 2.26. The molecule has 4 aromatic rings. The van der Waals surface area contributed by atoms with Crippen LogP contribution in [0.1, 0.15) is 13.3 Å². The summed E-state index contributed by atoms with van der Waals surface area (Å²) in [5.41, 5.74) is 3.70. The monoisotopic (exact) mass is 433 g/mol.